The van der Waals surface area contributed by atoms with Crippen molar-refractivity contribution in [3.05, 3.63) is 59.0 Å². The van der Waals surface area contributed by atoms with Gasteiger partial charge in [-0.2, -0.15) is 0 Å². The Morgan fingerprint density at radius 3 is 2.55 bits per heavy atom. The predicted octanol–water partition coefficient (Wildman–Crippen LogP) is 6.67. The summed E-state index contributed by atoms with van der Waals surface area (Å²) in [5.41, 5.74) is 1.76. The molecule has 4 rings (SSSR count). The van der Waals surface area contributed by atoms with Gasteiger partial charge >= 0.3 is 0 Å². The number of hydrogen-bond donors (Lipinski definition) is 0. The van der Waals surface area contributed by atoms with Gasteiger partial charge in [-0.25, -0.2) is 4.99 Å². The molecule has 6 heteroatoms. The van der Waals surface area contributed by atoms with Crippen LogP contribution in [0.25, 0.3) is 6.08 Å². The van der Waals surface area contributed by atoms with Gasteiger partial charge in [-0.05, 0) is 80.3 Å². The second kappa shape index (κ2) is 10.5. The first-order valence-corrected chi connectivity index (χ1v) is 12.5. The minimum atomic E-state index is 0.0369. The summed E-state index contributed by atoms with van der Waals surface area (Å²) in [5.74, 6) is 1.85. The summed E-state index contributed by atoms with van der Waals surface area (Å²) >= 11 is 1.46. The van der Waals surface area contributed by atoms with Gasteiger partial charge in [-0.1, -0.05) is 44.0 Å². The molecule has 0 radical (unpaired) electrons. The van der Waals surface area contributed by atoms with E-state index in [1.54, 1.807) is 7.11 Å². The van der Waals surface area contributed by atoms with Crippen molar-refractivity contribution in [1.29, 1.82) is 0 Å². The molecule has 5 nitrogen and oxygen atoms in total. The van der Waals surface area contributed by atoms with Gasteiger partial charge in [0.05, 0.1) is 23.8 Å². The average Bonchev–Trinajstić information content (AvgIpc) is 3.10. The lowest BCUT2D eigenvalue weighted by molar-refractivity contribution is -0.124. The van der Waals surface area contributed by atoms with E-state index in [1.165, 1.54) is 18.2 Å². The van der Waals surface area contributed by atoms with Crippen molar-refractivity contribution in [2.45, 2.75) is 58.6 Å². The normalized spacial score (nSPS) is 23.5. The molecule has 2 aliphatic rings. The molecule has 2 aromatic rings. The van der Waals surface area contributed by atoms with E-state index in [4.69, 9.17) is 14.5 Å². The molecule has 1 aliphatic carbocycles. The quantitative estimate of drug-likeness (QED) is 0.448. The number of carbonyl (C=O) groups is 1. The summed E-state index contributed by atoms with van der Waals surface area (Å²) in [7, 11) is 1.63. The van der Waals surface area contributed by atoms with Gasteiger partial charge in [-0.3, -0.25) is 9.69 Å². The molecule has 2 aromatic carbocycles. The molecule has 0 N–H and O–H groups in total. The molecule has 33 heavy (non-hydrogen) atoms. The van der Waals surface area contributed by atoms with Gasteiger partial charge in [0.1, 0.15) is 0 Å². The highest BCUT2D eigenvalue weighted by molar-refractivity contribution is 8.18. The van der Waals surface area contributed by atoms with E-state index in [0.717, 1.165) is 35.7 Å². The van der Waals surface area contributed by atoms with Crippen molar-refractivity contribution in [2.24, 2.45) is 10.9 Å². The number of aliphatic imine (C=N–C) groups is 1. The molecule has 1 saturated carbocycles. The van der Waals surface area contributed by atoms with Crippen LogP contribution >= 0.6 is 11.8 Å². The second-order valence-electron chi connectivity index (χ2n) is 8.92. The zero-order valence-electron chi connectivity index (χ0n) is 19.8. The van der Waals surface area contributed by atoms with Gasteiger partial charge in [0.15, 0.2) is 16.7 Å². The summed E-state index contributed by atoms with van der Waals surface area (Å²) in [4.78, 5) is 21.1. The Morgan fingerprint density at radius 2 is 1.85 bits per heavy atom. The fourth-order valence-corrected chi connectivity index (χ4v) is 5.47. The molecule has 0 spiro atoms. The van der Waals surface area contributed by atoms with Crippen molar-refractivity contribution in [3.8, 4) is 11.5 Å². The summed E-state index contributed by atoms with van der Waals surface area (Å²) in [5, 5.41) is 0.767. The number of amidine groups is 1. The molecule has 1 heterocycles. The lowest BCUT2D eigenvalue weighted by atomic mass is 9.85. The molecule has 1 amide bonds. The number of nitrogens with zero attached hydrogens (tertiary/aromatic N) is 2. The van der Waals surface area contributed by atoms with Crippen molar-refractivity contribution >= 4 is 34.6 Å². The van der Waals surface area contributed by atoms with Gasteiger partial charge < -0.3 is 9.47 Å². The maximum Gasteiger partial charge on any atom is 0.267 e. The van der Waals surface area contributed by atoms with Crippen molar-refractivity contribution in [2.75, 3.05) is 7.11 Å². The van der Waals surface area contributed by atoms with E-state index in [-0.39, 0.29) is 18.1 Å². The van der Waals surface area contributed by atoms with Gasteiger partial charge in [-0.15, -0.1) is 0 Å². The Balaban J connectivity index is 1.68. The molecular weight excluding hydrogens is 432 g/mol. The van der Waals surface area contributed by atoms with Gasteiger partial charge in [0.25, 0.3) is 5.91 Å². The number of thioether (sulfide) groups is 1. The molecule has 1 aliphatic heterocycles. The molecule has 0 unspecified atom stereocenters. The third-order valence-electron chi connectivity index (χ3n) is 6.06. The predicted molar refractivity (Wildman–Crippen MR) is 136 cm³/mol. The van der Waals surface area contributed by atoms with E-state index < -0.39 is 0 Å². The van der Waals surface area contributed by atoms with E-state index in [2.05, 4.69) is 6.92 Å². The topological polar surface area (TPSA) is 51.1 Å². The Labute approximate surface area is 200 Å². The van der Waals surface area contributed by atoms with Crippen LogP contribution in [0, 0.1) is 5.92 Å². The standard InChI is InChI=1S/C27H32N2O3S/c1-18(2)32-23-15-14-20(16-24(23)31-4)17-25-26(30)29(22-13-9-8-10-19(22)3)27(33-25)28-21-11-6-5-7-12-21/h5-7,11-12,14-19,22H,8-10,13H2,1-4H3/b25-17-,28-27?/t19-,22-/m1/s1. The second-order valence-corrected chi connectivity index (χ2v) is 9.93. The minimum Gasteiger partial charge on any atom is -0.493 e. The van der Waals surface area contributed by atoms with Gasteiger partial charge in [0, 0.05) is 6.04 Å². The molecular formula is C27H32N2O3S. The van der Waals surface area contributed by atoms with Crippen LogP contribution < -0.4 is 9.47 Å². The van der Waals surface area contributed by atoms with Crippen LogP contribution in [0.5, 0.6) is 11.5 Å². The third-order valence-corrected chi connectivity index (χ3v) is 7.05. The van der Waals surface area contributed by atoms with Crippen LogP contribution in [-0.4, -0.2) is 35.2 Å². The van der Waals surface area contributed by atoms with E-state index in [1.807, 2.05) is 73.4 Å². The summed E-state index contributed by atoms with van der Waals surface area (Å²) in [6, 6.07) is 15.8. The Hall–Kier alpha value is -2.73. The maximum absolute atomic E-state index is 13.6. The monoisotopic (exact) mass is 464 g/mol. The summed E-state index contributed by atoms with van der Waals surface area (Å²) in [6.45, 7) is 6.22. The first-order valence-electron chi connectivity index (χ1n) is 11.7. The SMILES string of the molecule is COc1cc(/C=C2\SC(=Nc3ccccc3)N([C@@H]3CCCC[C@H]3C)C2=O)ccc1OC(C)C. The van der Waals surface area contributed by atoms with Crippen molar-refractivity contribution < 1.29 is 14.3 Å². The number of methoxy groups -OCH3 is 1. The minimum absolute atomic E-state index is 0.0369. The fraction of sp³-hybridized carbons (Fsp3) is 0.407. The van der Waals surface area contributed by atoms with Crippen LogP contribution in [0.3, 0.4) is 0 Å². The number of para-hydroxylation sites is 1. The Kier molecular flexibility index (Phi) is 7.43. The highest BCUT2D eigenvalue weighted by atomic mass is 32.2. The molecule has 2 atom stereocenters. The molecule has 174 valence electrons. The smallest absolute Gasteiger partial charge is 0.267 e. The highest BCUT2D eigenvalue weighted by Crippen LogP contribution is 2.40. The lowest BCUT2D eigenvalue weighted by Gasteiger charge is -2.35. The van der Waals surface area contributed by atoms with Crippen molar-refractivity contribution in [3.63, 3.8) is 0 Å². The molecule has 1 saturated heterocycles. The van der Waals surface area contributed by atoms with E-state index in [0.29, 0.717) is 22.3 Å². The van der Waals surface area contributed by atoms with Crippen LogP contribution in [0.4, 0.5) is 5.69 Å². The summed E-state index contributed by atoms with van der Waals surface area (Å²) < 4.78 is 11.4. The Bertz CT molecular complexity index is 1050. The van der Waals surface area contributed by atoms with Crippen LogP contribution in [0.15, 0.2) is 58.4 Å². The number of carbonyl (C=O) groups excluding carboxylic acids is 1. The number of ether oxygens (including phenoxy) is 2. The number of amides is 1. The fourth-order valence-electron chi connectivity index (χ4n) is 4.43. The number of hydrogen-bond acceptors (Lipinski definition) is 5. The molecule has 0 bridgehead atoms. The number of rotatable bonds is 6. The zero-order chi connectivity index (χ0) is 23.4. The highest BCUT2D eigenvalue weighted by Gasteiger charge is 2.41. The zero-order valence-corrected chi connectivity index (χ0v) is 20.6. The number of benzene rings is 2. The van der Waals surface area contributed by atoms with Gasteiger partial charge in [0.2, 0.25) is 0 Å². The van der Waals surface area contributed by atoms with Crippen molar-refractivity contribution in [1.82, 2.24) is 4.90 Å². The van der Waals surface area contributed by atoms with E-state index in [9.17, 15) is 4.79 Å². The largest absolute Gasteiger partial charge is 0.493 e. The average molecular weight is 465 g/mol. The van der Waals surface area contributed by atoms with Crippen LogP contribution in [0.1, 0.15) is 52.0 Å². The maximum atomic E-state index is 13.6. The van der Waals surface area contributed by atoms with E-state index >= 15 is 0 Å². The van der Waals surface area contributed by atoms with Crippen LogP contribution in [-0.2, 0) is 4.79 Å². The third kappa shape index (κ3) is 5.44. The molecule has 2 fully saturated rings. The first-order chi connectivity index (χ1) is 16.0. The van der Waals surface area contributed by atoms with Crippen LogP contribution in [0.2, 0.25) is 0 Å². The first kappa shape index (κ1) is 23.4. The Morgan fingerprint density at radius 1 is 1.09 bits per heavy atom. The molecule has 0 aromatic heterocycles. The summed E-state index contributed by atoms with van der Waals surface area (Å²) in [6.07, 6.45) is 6.52. The lowest BCUT2D eigenvalue weighted by Crippen LogP contribution is -2.44.